The molecule has 0 bridgehead atoms. The van der Waals surface area contributed by atoms with Gasteiger partial charge in [-0.05, 0) is 40.5 Å². The molecular weight excluding hydrogens is 690 g/mol. The number of nitrogens with zero attached hydrogens (tertiary/aromatic N) is 2. The van der Waals surface area contributed by atoms with E-state index in [1.165, 1.54) is 13.2 Å². The number of anilines is 1. The number of hydrogen-bond acceptors (Lipinski definition) is 10. The summed E-state index contributed by atoms with van der Waals surface area (Å²) < 4.78 is 22.7. The fourth-order valence-electron chi connectivity index (χ4n) is 8.31. The van der Waals surface area contributed by atoms with Gasteiger partial charge in [0.05, 0.1) is 36.9 Å². The molecule has 3 aliphatic heterocycles. The number of cyclic esters (lactones) is 1. The lowest BCUT2D eigenvalue weighted by molar-refractivity contribution is -0.178. The minimum atomic E-state index is -1.86. The number of carbonyl (C=O) groups excluding carboxylic acids is 4. The number of ether oxygens (including phenoxy) is 4. The lowest BCUT2D eigenvalue weighted by Crippen LogP contribution is -2.55. The molecule has 2 fully saturated rings. The number of imide groups is 1. The van der Waals surface area contributed by atoms with Crippen LogP contribution < -0.4 is 15.0 Å². The third-order valence-corrected chi connectivity index (χ3v) is 10.3. The molecule has 54 heavy (non-hydrogen) atoms. The van der Waals surface area contributed by atoms with Crippen molar-refractivity contribution in [1.82, 2.24) is 10.2 Å². The van der Waals surface area contributed by atoms with Gasteiger partial charge in [0.15, 0.2) is 0 Å². The second-order valence-electron chi connectivity index (χ2n) is 13.2. The van der Waals surface area contributed by atoms with Crippen LogP contribution in [0.2, 0.25) is 0 Å². The molecule has 7 rings (SSSR count). The first kappa shape index (κ1) is 36.5. The number of nitrogens with one attached hydrogen (secondary N) is 1. The Bertz CT molecular complexity index is 2010. The first-order valence-corrected chi connectivity index (χ1v) is 17.8. The Morgan fingerprint density at radius 2 is 1.52 bits per heavy atom. The summed E-state index contributed by atoms with van der Waals surface area (Å²) in [7, 11) is 1.47. The first-order chi connectivity index (χ1) is 26.4. The number of amides is 3. The van der Waals surface area contributed by atoms with Gasteiger partial charge in [0.25, 0.3) is 0 Å². The van der Waals surface area contributed by atoms with Crippen molar-refractivity contribution in [3.05, 3.63) is 144 Å². The summed E-state index contributed by atoms with van der Waals surface area (Å²) in [6, 6.07) is 29.7. The van der Waals surface area contributed by atoms with E-state index >= 15 is 4.79 Å². The van der Waals surface area contributed by atoms with Crippen LogP contribution in [0.1, 0.15) is 40.4 Å². The summed E-state index contributed by atoms with van der Waals surface area (Å²) in [4.78, 5) is 62.1. The highest BCUT2D eigenvalue weighted by atomic mass is 16.6. The van der Waals surface area contributed by atoms with Crippen LogP contribution in [-0.2, 0) is 34.0 Å². The molecule has 3 amide bonds. The largest absolute Gasteiger partial charge is 0.491 e. The Hall–Kier alpha value is -5.82. The Labute approximate surface area is 312 Å². The molecule has 0 radical (unpaired) electrons. The molecule has 6 atom stereocenters. The van der Waals surface area contributed by atoms with Gasteiger partial charge in [0, 0.05) is 13.7 Å². The molecule has 2 N–H and O–H groups in total. The zero-order valence-electron chi connectivity index (χ0n) is 29.7. The minimum absolute atomic E-state index is 0.0576. The molecule has 4 aromatic rings. The molecule has 12 nitrogen and oxygen atoms in total. The second kappa shape index (κ2) is 15.7. The van der Waals surface area contributed by atoms with Crippen LogP contribution in [0, 0.1) is 5.92 Å². The van der Waals surface area contributed by atoms with Crippen molar-refractivity contribution in [3.8, 4) is 5.75 Å². The van der Waals surface area contributed by atoms with Crippen LogP contribution >= 0.6 is 0 Å². The van der Waals surface area contributed by atoms with Crippen LogP contribution in [0.4, 0.5) is 10.5 Å². The highest BCUT2D eigenvalue weighted by Crippen LogP contribution is 2.65. The van der Waals surface area contributed by atoms with E-state index in [1.54, 1.807) is 48.5 Å². The Kier molecular flexibility index (Phi) is 10.6. The molecule has 4 aromatic carbocycles. The normalized spacial score (nSPS) is 24.4. The van der Waals surface area contributed by atoms with E-state index in [9.17, 15) is 19.5 Å². The van der Waals surface area contributed by atoms with Crippen LogP contribution in [-0.4, -0.2) is 80.0 Å². The van der Waals surface area contributed by atoms with E-state index in [2.05, 4.69) is 11.9 Å². The third-order valence-electron chi connectivity index (χ3n) is 10.3. The lowest BCUT2D eigenvalue weighted by atomic mass is 9.65. The number of aliphatic hydroxyl groups excluding tert-OH is 1. The molecular formula is C42H41N3O9. The monoisotopic (exact) mass is 731 g/mol. The maximum absolute atomic E-state index is 15.6. The smallest absolute Gasteiger partial charge is 0.421 e. The highest BCUT2D eigenvalue weighted by molar-refractivity contribution is 6.23. The molecule has 12 heteroatoms. The average molecular weight is 732 g/mol. The third kappa shape index (κ3) is 6.11. The number of methoxy groups -OCH3 is 1. The average Bonchev–Trinajstić information content (AvgIpc) is 3.66. The molecule has 3 aliphatic rings. The topological polar surface area (TPSA) is 144 Å². The Balaban J connectivity index is 1.53. The number of esters is 1. The molecule has 0 saturated carbocycles. The lowest BCUT2D eigenvalue weighted by Gasteiger charge is -2.46. The quantitative estimate of drug-likeness (QED) is 0.118. The number of rotatable bonds is 12. The van der Waals surface area contributed by atoms with E-state index in [0.29, 0.717) is 16.9 Å². The van der Waals surface area contributed by atoms with Crippen LogP contribution in [0.15, 0.2) is 122 Å². The van der Waals surface area contributed by atoms with Gasteiger partial charge in [-0.3, -0.25) is 19.3 Å². The Morgan fingerprint density at radius 1 is 0.852 bits per heavy atom. The zero-order valence-corrected chi connectivity index (χ0v) is 29.7. The van der Waals surface area contributed by atoms with Crippen molar-refractivity contribution >= 4 is 29.6 Å². The van der Waals surface area contributed by atoms with Gasteiger partial charge in [0.1, 0.15) is 36.5 Å². The summed E-state index contributed by atoms with van der Waals surface area (Å²) in [5, 5.41) is 12.3. The van der Waals surface area contributed by atoms with Gasteiger partial charge in [-0.1, -0.05) is 97.1 Å². The number of morpholine rings is 1. The maximum atomic E-state index is 15.6. The Morgan fingerprint density at radius 3 is 2.19 bits per heavy atom. The van der Waals surface area contributed by atoms with Gasteiger partial charge in [-0.2, -0.15) is 0 Å². The number of benzene rings is 4. The van der Waals surface area contributed by atoms with E-state index in [0.717, 1.165) is 16.0 Å². The van der Waals surface area contributed by atoms with Crippen molar-refractivity contribution in [3.63, 3.8) is 0 Å². The van der Waals surface area contributed by atoms with Crippen molar-refractivity contribution in [2.45, 2.75) is 29.6 Å². The summed E-state index contributed by atoms with van der Waals surface area (Å²) in [5.74, 6) is -2.92. The summed E-state index contributed by atoms with van der Waals surface area (Å²) in [5.41, 5.74) is 0.846. The highest BCUT2D eigenvalue weighted by Gasteiger charge is 2.75. The van der Waals surface area contributed by atoms with Crippen LogP contribution in [0.5, 0.6) is 5.75 Å². The standard InChI is InChI=1S/C42H41N3O9/c1-3-22-43-38(47)33-35-39(48)54-36(28-14-8-5-9-15-28)34(27-12-6-4-7-13-27)45(35)37(29-18-20-30(21-19-29)52-24-23-46)42(33)31-16-10-11-17-32(31)44(40(42)49)41(50)53-26-25-51-2/h3-21,33-37,46H,1,22-26H2,2H3,(H,43,47). The fourth-order valence-corrected chi connectivity index (χ4v) is 8.31. The molecule has 3 heterocycles. The van der Waals surface area contributed by atoms with Crippen molar-refractivity contribution in [2.75, 3.05) is 45.0 Å². The number of para-hydroxylation sites is 1. The molecule has 0 aromatic heterocycles. The van der Waals surface area contributed by atoms with Crippen LogP contribution in [0.3, 0.4) is 0 Å². The first-order valence-electron chi connectivity index (χ1n) is 17.8. The molecule has 6 unspecified atom stereocenters. The minimum Gasteiger partial charge on any atom is -0.491 e. The molecule has 0 aliphatic carbocycles. The number of hydrogen-bond donors (Lipinski definition) is 2. The molecule has 2 saturated heterocycles. The van der Waals surface area contributed by atoms with Crippen LogP contribution in [0.25, 0.3) is 0 Å². The molecule has 278 valence electrons. The fraction of sp³-hybridized carbons (Fsp3) is 0.286. The van der Waals surface area contributed by atoms with E-state index in [-0.39, 0.29) is 38.7 Å². The van der Waals surface area contributed by atoms with Gasteiger partial charge in [-0.15, -0.1) is 6.58 Å². The molecule has 1 spiro atoms. The van der Waals surface area contributed by atoms with Crippen molar-refractivity contribution in [2.24, 2.45) is 5.92 Å². The maximum Gasteiger partial charge on any atom is 0.421 e. The van der Waals surface area contributed by atoms with Crippen molar-refractivity contribution in [1.29, 1.82) is 0 Å². The number of fused-ring (bicyclic) bond motifs is 3. The van der Waals surface area contributed by atoms with E-state index in [1.807, 2.05) is 65.6 Å². The summed E-state index contributed by atoms with van der Waals surface area (Å²) in [6.45, 7) is 3.68. The predicted molar refractivity (Wildman–Crippen MR) is 197 cm³/mol. The number of carbonyl (C=O) groups is 4. The predicted octanol–water partition coefficient (Wildman–Crippen LogP) is 4.81. The van der Waals surface area contributed by atoms with Gasteiger partial charge in [0.2, 0.25) is 11.8 Å². The summed E-state index contributed by atoms with van der Waals surface area (Å²) >= 11 is 0. The summed E-state index contributed by atoms with van der Waals surface area (Å²) in [6.07, 6.45) is -0.269. The van der Waals surface area contributed by atoms with Crippen molar-refractivity contribution < 1.29 is 43.2 Å². The SMILES string of the molecule is C=CCNC(=O)C1C2C(=O)OC(c3ccccc3)C(c3ccccc3)N2C(c2ccc(OCCO)cc2)C12C(=O)N(C(=O)OCCOC)c1ccccc12. The van der Waals surface area contributed by atoms with Gasteiger partial charge >= 0.3 is 12.1 Å². The van der Waals surface area contributed by atoms with E-state index in [4.69, 9.17) is 18.9 Å². The number of aliphatic hydroxyl groups is 1. The zero-order chi connectivity index (χ0) is 37.8. The van der Waals surface area contributed by atoms with Gasteiger partial charge < -0.3 is 29.4 Å². The second-order valence-corrected chi connectivity index (χ2v) is 13.2. The van der Waals surface area contributed by atoms with Gasteiger partial charge in [-0.25, -0.2) is 9.69 Å². The van der Waals surface area contributed by atoms with E-state index < -0.39 is 59.4 Å².